The van der Waals surface area contributed by atoms with E-state index in [1.807, 2.05) is 13.0 Å². The van der Waals surface area contributed by atoms with Crippen LogP contribution in [0.5, 0.6) is 0 Å². The maximum Gasteiger partial charge on any atom is 0.224 e. The molecular formula is C10H14ClN3OS. The summed E-state index contributed by atoms with van der Waals surface area (Å²) in [6.07, 6.45) is 1.85. The van der Waals surface area contributed by atoms with Crippen molar-refractivity contribution in [2.24, 2.45) is 0 Å². The number of rotatable bonds is 2. The summed E-state index contributed by atoms with van der Waals surface area (Å²) in [7, 11) is -0.626. The van der Waals surface area contributed by atoms with Gasteiger partial charge in [0.1, 0.15) is 5.82 Å². The molecule has 0 bridgehead atoms. The SMILES string of the molecule is Cc1cc(NC2CCS(=O)CC2)nc(Cl)n1. The minimum absolute atomic E-state index is 0.266. The summed E-state index contributed by atoms with van der Waals surface area (Å²) < 4.78 is 11.2. The van der Waals surface area contributed by atoms with Gasteiger partial charge in [-0.15, -0.1) is 0 Å². The average molecular weight is 260 g/mol. The molecule has 88 valence electrons. The number of nitrogens with one attached hydrogen (secondary N) is 1. The van der Waals surface area contributed by atoms with Gasteiger partial charge in [-0.2, -0.15) is 0 Å². The average Bonchev–Trinajstić information content (AvgIpc) is 2.20. The first kappa shape index (κ1) is 11.8. The number of aromatic nitrogens is 2. The Morgan fingerprint density at radius 1 is 1.44 bits per heavy atom. The first-order valence-electron chi connectivity index (χ1n) is 5.26. The second-order valence-corrected chi connectivity index (χ2v) is 5.96. The van der Waals surface area contributed by atoms with Crippen LogP contribution in [0.15, 0.2) is 6.07 Å². The van der Waals surface area contributed by atoms with Crippen LogP contribution in [0.25, 0.3) is 0 Å². The van der Waals surface area contributed by atoms with E-state index in [9.17, 15) is 4.21 Å². The summed E-state index contributed by atoms with van der Waals surface area (Å²) in [5.74, 6) is 2.31. The Morgan fingerprint density at radius 3 is 2.75 bits per heavy atom. The van der Waals surface area contributed by atoms with E-state index >= 15 is 0 Å². The van der Waals surface area contributed by atoms with Gasteiger partial charge in [0.15, 0.2) is 0 Å². The lowest BCUT2D eigenvalue weighted by Gasteiger charge is -2.23. The highest BCUT2D eigenvalue weighted by molar-refractivity contribution is 7.85. The van der Waals surface area contributed by atoms with E-state index in [4.69, 9.17) is 11.6 Å². The zero-order chi connectivity index (χ0) is 11.5. The summed E-state index contributed by atoms with van der Waals surface area (Å²) >= 11 is 5.78. The summed E-state index contributed by atoms with van der Waals surface area (Å²) in [4.78, 5) is 8.12. The molecule has 0 aromatic carbocycles. The van der Waals surface area contributed by atoms with E-state index in [1.54, 1.807) is 0 Å². The molecule has 0 amide bonds. The van der Waals surface area contributed by atoms with Gasteiger partial charge in [-0.25, -0.2) is 9.97 Å². The summed E-state index contributed by atoms with van der Waals surface area (Å²) in [6.45, 7) is 1.88. The predicted molar refractivity (Wildman–Crippen MR) is 66.3 cm³/mol. The number of nitrogens with zero attached hydrogens (tertiary/aromatic N) is 2. The molecule has 0 saturated carbocycles. The Bertz CT molecular complexity index is 383. The highest BCUT2D eigenvalue weighted by Gasteiger charge is 2.18. The van der Waals surface area contributed by atoms with Crippen LogP contribution < -0.4 is 5.32 Å². The molecule has 1 aromatic heterocycles. The van der Waals surface area contributed by atoms with Crippen molar-refractivity contribution in [1.29, 1.82) is 0 Å². The standard InChI is InChI=1S/C10H14ClN3OS/c1-7-6-9(14-10(11)12-7)13-8-2-4-16(15)5-3-8/h6,8H,2-5H2,1H3,(H,12,13,14). The molecule has 0 radical (unpaired) electrons. The Morgan fingerprint density at radius 2 is 2.12 bits per heavy atom. The van der Waals surface area contributed by atoms with Crippen LogP contribution in [0, 0.1) is 6.92 Å². The topological polar surface area (TPSA) is 54.9 Å². The highest BCUT2D eigenvalue weighted by Crippen LogP contribution is 2.16. The maximum absolute atomic E-state index is 11.2. The van der Waals surface area contributed by atoms with Gasteiger partial charge in [0.25, 0.3) is 0 Å². The largest absolute Gasteiger partial charge is 0.367 e. The molecule has 1 saturated heterocycles. The second kappa shape index (κ2) is 5.10. The quantitative estimate of drug-likeness (QED) is 0.823. The molecule has 0 aliphatic carbocycles. The van der Waals surface area contributed by atoms with Crippen molar-refractivity contribution in [3.05, 3.63) is 17.0 Å². The van der Waals surface area contributed by atoms with Crippen LogP contribution in [-0.4, -0.2) is 31.7 Å². The van der Waals surface area contributed by atoms with Gasteiger partial charge in [-0.1, -0.05) is 0 Å². The van der Waals surface area contributed by atoms with Crippen molar-refractivity contribution >= 4 is 28.2 Å². The van der Waals surface area contributed by atoms with Gasteiger partial charge < -0.3 is 5.32 Å². The number of anilines is 1. The van der Waals surface area contributed by atoms with Gasteiger partial charge in [-0.3, -0.25) is 4.21 Å². The molecule has 1 N–H and O–H groups in total. The van der Waals surface area contributed by atoms with Crippen LogP contribution in [0.2, 0.25) is 5.28 Å². The molecule has 1 aliphatic heterocycles. The van der Waals surface area contributed by atoms with Gasteiger partial charge in [-0.05, 0) is 31.4 Å². The summed E-state index contributed by atoms with van der Waals surface area (Å²) in [5, 5.41) is 3.58. The number of halogens is 1. The molecule has 1 fully saturated rings. The molecule has 1 aromatic rings. The van der Waals surface area contributed by atoms with E-state index in [2.05, 4.69) is 15.3 Å². The van der Waals surface area contributed by atoms with Crippen molar-refractivity contribution in [2.75, 3.05) is 16.8 Å². The molecule has 2 rings (SSSR count). The van der Waals surface area contributed by atoms with Gasteiger partial charge >= 0.3 is 0 Å². The summed E-state index contributed by atoms with van der Waals surface area (Å²) in [6, 6.07) is 2.22. The van der Waals surface area contributed by atoms with Crippen LogP contribution in [0.1, 0.15) is 18.5 Å². The number of hydrogen-bond donors (Lipinski definition) is 1. The van der Waals surface area contributed by atoms with Gasteiger partial charge in [0, 0.05) is 40.1 Å². The van der Waals surface area contributed by atoms with Crippen molar-refractivity contribution in [3.63, 3.8) is 0 Å². The monoisotopic (exact) mass is 259 g/mol. The van der Waals surface area contributed by atoms with Crippen LogP contribution in [0.4, 0.5) is 5.82 Å². The molecule has 4 nitrogen and oxygen atoms in total. The summed E-state index contributed by atoms with van der Waals surface area (Å²) in [5.41, 5.74) is 0.849. The van der Waals surface area contributed by atoms with E-state index in [-0.39, 0.29) is 5.28 Å². The normalized spacial score (nSPS) is 25.4. The van der Waals surface area contributed by atoms with Crippen molar-refractivity contribution in [3.8, 4) is 0 Å². The Labute approximate surface area is 102 Å². The number of hydrogen-bond acceptors (Lipinski definition) is 4. The lowest BCUT2D eigenvalue weighted by atomic mass is 10.1. The van der Waals surface area contributed by atoms with E-state index in [0.717, 1.165) is 35.9 Å². The van der Waals surface area contributed by atoms with Gasteiger partial charge in [0.05, 0.1) is 0 Å². The van der Waals surface area contributed by atoms with Crippen molar-refractivity contribution < 1.29 is 4.21 Å². The highest BCUT2D eigenvalue weighted by atomic mass is 35.5. The van der Waals surface area contributed by atoms with Crippen molar-refractivity contribution in [1.82, 2.24) is 9.97 Å². The molecule has 16 heavy (non-hydrogen) atoms. The third-order valence-corrected chi connectivity index (χ3v) is 4.12. The third-order valence-electron chi connectivity index (χ3n) is 2.57. The smallest absolute Gasteiger partial charge is 0.224 e. The maximum atomic E-state index is 11.2. The second-order valence-electron chi connectivity index (χ2n) is 3.93. The van der Waals surface area contributed by atoms with E-state index in [1.165, 1.54) is 0 Å². The third kappa shape index (κ3) is 3.15. The molecular weight excluding hydrogens is 246 g/mol. The predicted octanol–water partition coefficient (Wildman–Crippen LogP) is 1.76. The minimum atomic E-state index is -0.626. The van der Waals surface area contributed by atoms with Crippen LogP contribution >= 0.6 is 11.6 Å². The Kier molecular flexibility index (Phi) is 3.76. The first-order chi connectivity index (χ1) is 7.63. The molecule has 0 unspecified atom stereocenters. The minimum Gasteiger partial charge on any atom is -0.367 e. The zero-order valence-corrected chi connectivity index (χ0v) is 10.6. The fourth-order valence-corrected chi connectivity index (χ4v) is 3.28. The van der Waals surface area contributed by atoms with E-state index in [0.29, 0.717) is 6.04 Å². The van der Waals surface area contributed by atoms with Crippen molar-refractivity contribution in [2.45, 2.75) is 25.8 Å². The molecule has 0 atom stereocenters. The van der Waals surface area contributed by atoms with E-state index < -0.39 is 10.8 Å². The first-order valence-corrected chi connectivity index (χ1v) is 7.13. The molecule has 0 spiro atoms. The molecule has 2 heterocycles. The fourth-order valence-electron chi connectivity index (χ4n) is 1.75. The van der Waals surface area contributed by atoms with Crippen LogP contribution in [0.3, 0.4) is 0 Å². The lowest BCUT2D eigenvalue weighted by Crippen LogP contribution is -2.29. The Hall–Kier alpha value is -0.680. The lowest BCUT2D eigenvalue weighted by molar-refractivity contribution is 0.622. The fraction of sp³-hybridized carbons (Fsp3) is 0.600. The Balaban J connectivity index is 2.00. The van der Waals surface area contributed by atoms with Crippen LogP contribution in [-0.2, 0) is 10.8 Å². The van der Waals surface area contributed by atoms with Gasteiger partial charge in [0.2, 0.25) is 5.28 Å². The molecule has 1 aliphatic rings. The zero-order valence-electron chi connectivity index (χ0n) is 9.07. The molecule has 6 heteroatoms. The number of aryl methyl sites for hydroxylation is 1.